The molecule has 2 fully saturated rings. The number of hydrogen-bond donors (Lipinski definition) is 1. The Kier molecular flexibility index (Phi) is 7.62. The summed E-state index contributed by atoms with van der Waals surface area (Å²) in [7, 11) is 2.05. The van der Waals surface area contributed by atoms with Crippen LogP contribution in [0.4, 0.5) is 8.78 Å². The van der Waals surface area contributed by atoms with Crippen LogP contribution < -0.4 is 10.1 Å². The maximum Gasteiger partial charge on any atom is 0.236 e. The van der Waals surface area contributed by atoms with E-state index < -0.39 is 11.6 Å². The molecule has 1 heterocycles. The minimum absolute atomic E-state index is 0. The lowest BCUT2D eigenvalue weighted by Crippen LogP contribution is -2.49. The number of carbonyl (C=O) groups excluding carboxylic acids is 1. The quantitative estimate of drug-likeness (QED) is 0.730. The third-order valence-corrected chi connectivity index (χ3v) is 5.82. The fraction of sp³-hybridized carbons (Fsp3) is 0.458. The Bertz CT molecular complexity index is 886. The summed E-state index contributed by atoms with van der Waals surface area (Å²) >= 11 is 0. The fourth-order valence-electron chi connectivity index (χ4n) is 3.89. The lowest BCUT2D eigenvalue weighted by molar-refractivity contribution is -0.131. The number of ether oxygens (including phenoxy) is 1. The number of amides is 1. The van der Waals surface area contributed by atoms with E-state index in [9.17, 15) is 13.6 Å². The molecule has 0 unspecified atom stereocenters. The molecule has 2 aromatic rings. The van der Waals surface area contributed by atoms with Crippen LogP contribution in [0.15, 0.2) is 42.5 Å². The smallest absolute Gasteiger partial charge is 0.236 e. The first-order valence-corrected chi connectivity index (χ1v) is 10.4. The van der Waals surface area contributed by atoms with Gasteiger partial charge in [0.05, 0.1) is 6.54 Å². The predicted octanol–water partition coefficient (Wildman–Crippen LogP) is 3.40. The van der Waals surface area contributed by atoms with E-state index in [0.717, 1.165) is 44.2 Å². The number of nitrogens with zero attached hydrogens (tertiary/aromatic N) is 2. The van der Waals surface area contributed by atoms with Gasteiger partial charge in [-0.2, -0.15) is 0 Å². The van der Waals surface area contributed by atoms with Gasteiger partial charge in [0.2, 0.25) is 5.91 Å². The molecule has 7 heteroatoms. The first kappa shape index (κ1) is 23.2. The van der Waals surface area contributed by atoms with Crippen molar-refractivity contribution in [3.05, 3.63) is 65.2 Å². The van der Waals surface area contributed by atoms with Crippen molar-refractivity contribution in [2.45, 2.75) is 32.4 Å². The van der Waals surface area contributed by atoms with Crippen LogP contribution in [0.25, 0.3) is 0 Å². The van der Waals surface area contributed by atoms with Crippen LogP contribution in [0.5, 0.6) is 5.75 Å². The van der Waals surface area contributed by atoms with E-state index in [1.165, 1.54) is 6.07 Å². The van der Waals surface area contributed by atoms with Gasteiger partial charge in [-0.25, -0.2) is 8.78 Å². The zero-order valence-electron chi connectivity index (χ0n) is 17.1. The molecule has 2 atom stereocenters. The van der Waals surface area contributed by atoms with E-state index in [0.29, 0.717) is 5.56 Å². The minimum atomic E-state index is -0.694. The van der Waals surface area contributed by atoms with Gasteiger partial charge in [-0.05, 0) is 25.1 Å². The normalized spacial score (nSPS) is 20.8. The summed E-state index contributed by atoms with van der Waals surface area (Å²) in [5.41, 5.74) is 1.43. The molecule has 0 aromatic heterocycles. The van der Waals surface area contributed by atoms with Crippen molar-refractivity contribution in [2.24, 2.45) is 0 Å². The van der Waals surface area contributed by atoms with Gasteiger partial charge in [-0.15, -0.1) is 0 Å². The van der Waals surface area contributed by atoms with E-state index >= 15 is 0 Å². The van der Waals surface area contributed by atoms with Crippen molar-refractivity contribution in [1.82, 2.24) is 15.1 Å². The van der Waals surface area contributed by atoms with Gasteiger partial charge in [0.25, 0.3) is 0 Å². The zero-order chi connectivity index (χ0) is 21.1. The first-order chi connectivity index (χ1) is 14.5. The van der Waals surface area contributed by atoms with Gasteiger partial charge in [-0.1, -0.05) is 37.8 Å². The minimum Gasteiger partial charge on any atom is -0.486 e. The number of halogens is 2. The van der Waals surface area contributed by atoms with Crippen LogP contribution in [0.2, 0.25) is 0 Å². The third kappa shape index (κ3) is 5.80. The molecule has 0 radical (unpaired) electrons. The Hall–Kier alpha value is -2.51. The van der Waals surface area contributed by atoms with Gasteiger partial charge < -0.3 is 19.9 Å². The lowest BCUT2D eigenvalue weighted by atomic mass is 10.1. The highest BCUT2D eigenvalue weighted by Gasteiger charge is 2.41. The third-order valence-electron chi connectivity index (χ3n) is 5.82. The number of nitrogens with one attached hydrogen (secondary N) is 1. The average Bonchev–Trinajstić information content (AvgIpc) is 3.52. The standard InChI is InChI=1S/C23H27F2N3O2.CH4/c1-27-7-9-28(10-8-27)22(29)14-26-21-13-18(21)19-11-17(24)12-20(25)23(19)30-15-16-5-3-2-4-6-16;/h2-6,11-12,18,21,26H,7-10,13-15H2,1H3;1H4/t18-,21+;/m0./s1. The number of benzene rings is 2. The zero-order valence-corrected chi connectivity index (χ0v) is 17.1. The van der Waals surface area contributed by atoms with Crippen molar-refractivity contribution < 1.29 is 18.3 Å². The second-order valence-corrected chi connectivity index (χ2v) is 8.09. The van der Waals surface area contributed by atoms with Crippen LogP contribution >= 0.6 is 0 Å². The molecular weight excluding hydrogens is 400 g/mol. The number of piperazine rings is 1. The molecule has 1 aliphatic carbocycles. The lowest BCUT2D eigenvalue weighted by Gasteiger charge is -2.32. The molecule has 168 valence electrons. The van der Waals surface area contributed by atoms with Crippen LogP contribution in [0.3, 0.4) is 0 Å². The van der Waals surface area contributed by atoms with Crippen LogP contribution in [-0.4, -0.2) is 61.5 Å². The van der Waals surface area contributed by atoms with Crippen molar-refractivity contribution in [3.8, 4) is 5.75 Å². The highest BCUT2D eigenvalue weighted by molar-refractivity contribution is 5.78. The molecule has 1 N–H and O–H groups in total. The highest BCUT2D eigenvalue weighted by Crippen LogP contribution is 2.46. The molecule has 1 aliphatic heterocycles. The summed E-state index contributed by atoms with van der Waals surface area (Å²) in [5.74, 6) is -1.21. The summed E-state index contributed by atoms with van der Waals surface area (Å²) in [5, 5.41) is 3.25. The molecule has 0 spiro atoms. The molecule has 5 nitrogen and oxygen atoms in total. The first-order valence-electron chi connectivity index (χ1n) is 10.4. The van der Waals surface area contributed by atoms with Crippen LogP contribution in [0.1, 0.15) is 30.9 Å². The van der Waals surface area contributed by atoms with E-state index in [4.69, 9.17) is 4.74 Å². The molecule has 2 aromatic carbocycles. The van der Waals surface area contributed by atoms with Gasteiger partial charge in [0.1, 0.15) is 12.4 Å². The van der Waals surface area contributed by atoms with Crippen LogP contribution in [-0.2, 0) is 11.4 Å². The average molecular weight is 432 g/mol. The monoisotopic (exact) mass is 431 g/mol. The molecular formula is C24H31F2N3O2. The number of likely N-dealkylation sites (N-methyl/N-ethyl adjacent to an activating group) is 1. The summed E-state index contributed by atoms with van der Waals surface area (Å²) < 4.78 is 34.1. The number of rotatable bonds is 7. The van der Waals surface area contributed by atoms with Crippen molar-refractivity contribution in [3.63, 3.8) is 0 Å². The maximum atomic E-state index is 14.5. The van der Waals surface area contributed by atoms with Gasteiger partial charge in [0, 0.05) is 49.8 Å². The number of hydrogen-bond acceptors (Lipinski definition) is 4. The van der Waals surface area contributed by atoms with E-state index in [1.54, 1.807) is 0 Å². The topological polar surface area (TPSA) is 44.8 Å². The predicted molar refractivity (Wildman–Crippen MR) is 117 cm³/mol. The molecule has 1 saturated carbocycles. The Balaban J connectivity index is 0.00000272. The molecule has 1 saturated heterocycles. The number of carbonyl (C=O) groups is 1. The summed E-state index contributed by atoms with van der Waals surface area (Å²) in [6, 6.07) is 11.7. The van der Waals surface area contributed by atoms with Gasteiger partial charge in [-0.3, -0.25) is 4.79 Å². The summed E-state index contributed by atoms with van der Waals surface area (Å²) in [6.45, 7) is 3.67. The molecule has 31 heavy (non-hydrogen) atoms. The summed E-state index contributed by atoms with van der Waals surface area (Å²) in [4.78, 5) is 16.5. The Morgan fingerprint density at radius 2 is 1.84 bits per heavy atom. The molecule has 4 rings (SSSR count). The van der Waals surface area contributed by atoms with Crippen molar-refractivity contribution in [2.75, 3.05) is 39.8 Å². The summed E-state index contributed by atoms with van der Waals surface area (Å²) in [6.07, 6.45) is 0.723. The molecule has 0 bridgehead atoms. The van der Waals surface area contributed by atoms with E-state index in [1.807, 2.05) is 42.3 Å². The Morgan fingerprint density at radius 3 is 2.55 bits per heavy atom. The van der Waals surface area contributed by atoms with E-state index in [2.05, 4.69) is 10.2 Å². The SMILES string of the molecule is C.CN1CCN(C(=O)CN[C@@H]2C[C@H]2c2cc(F)cc(F)c2OCc2ccccc2)CC1. The van der Waals surface area contributed by atoms with Crippen molar-refractivity contribution in [1.29, 1.82) is 0 Å². The van der Waals surface area contributed by atoms with Crippen LogP contribution in [0, 0.1) is 11.6 Å². The molecule has 2 aliphatic rings. The highest BCUT2D eigenvalue weighted by atomic mass is 19.1. The second-order valence-electron chi connectivity index (χ2n) is 8.09. The Labute approximate surface area is 183 Å². The maximum absolute atomic E-state index is 14.5. The Morgan fingerprint density at radius 1 is 1.13 bits per heavy atom. The van der Waals surface area contributed by atoms with Gasteiger partial charge in [0.15, 0.2) is 11.6 Å². The molecule has 1 amide bonds. The van der Waals surface area contributed by atoms with E-state index in [-0.39, 0.29) is 44.2 Å². The second kappa shape index (κ2) is 10.2. The van der Waals surface area contributed by atoms with Crippen molar-refractivity contribution >= 4 is 5.91 Å². The van der Waals surface area contributed by atoms with Gasteiger partial charge >= 0.3 is 0 Å². The largest absolute Gasteiger partial charge is 0.486 e. The fourth-order valence-corrected chi connectivity index (χ4v) is 3.89.